The zero-order valence-corrected chi connectivity index (χ0v) is 13.7. The van der Waals surface area contributed by atoms with Crippen LogP contribution in [0.5, 0.6) is 5.75 Å². The van der Waals surface area contributed by atoms with E-state index >= 15 is 0 Å². The van der Waals surface area contributed by atoms with Crippen LogP contribution in [0.2, 0.25) is 0 Å². The number of nitrogens with zero attached hydrogens (tertiary/aromatic N) is 1. The summed E-state index contributed by atoms with van der Waals surface area (Å²) in [6.45, 7) is 3.54. The second-order valence-electron chi connectivity index (χ2n) is 5.16. The van der Waals surface area contributed by atoms with Crippen LogP contribution in [0, 0.1) is 10.1 Å². The van der Waals surface area contributed by atoms with Gasteiger partial charge in [0.05, 0.1) is 4.92 Å². The van der Waals surface area contributed by atoms with Crippen LogP contribution >= 0.6 is 0 Å². The number of nitrogens with one attached hydrogen (secondary N) is 1. The van der Waals surface area contributed by atoms with Crippen LogP contribution in [0.3, 0.4) is 0 Å². The molecular weight excluding hydrogens is 340 g/mol. The Morgan fingerprint density at radius 3 is 2.35 bits per heavy atom. The van der Waals surface area contributed by atoms with Crippen LogP contribution in [0.25, 0.3) is 0 Å². The smallest absolute Gasteiger partial charge is 0.429 e. The molecule has 2 rings (SSSR count). The highest BCUT2D eigenvalue weighted by atomic mass is 16.7. The number of nitro benzene ring substituents is 1. The van der Waals surface area contributed by atoms with Gasteiger partial charge in [-0.05, 0) is 17.7 Å². The van der Waals surface area contributed by atoms with E-state index in [1.807, 2.05) is 30.3 Å². The first kappa shape index (κ1) is 18.7. The Hall–Kier alpha value is -3.68. The lowest BCUT2D eigenvalue weighted by Crippen LogP contribution is -2.27. The Bertz CT molecular complexity index is 802. The van der Waals surface area contributed by atoms with Crippen molar-refractivity contribution in [1.82, 2.24) is 5.32 Å². The molecule has 8 heteroatoms. The predicted octanol–water partition coefficient (Wildman–Crippen LogP) is 2.98. The number of hydrogen-bond acceptors (Lipinski definition) is 6. The molecule has 0 aromatic heterocycles. The average Bonchev–Trinajstić information content (AvgIpc) is 2.65. The molecule has 1 amide bonds. The molecule has 8 nitrogen and oxygen atoms in total. The molecular formula is C18H16N2O6. The van der Waals surface area contributed by atoms with Gasteiger partial charge >= 0.3 is 6.16 Å². The van der Waals surface area contributed by atoms with Gasteiger partial charge in [0.2, 0.25) is 5.91 Å². The molecule has 0 aliphatic heterocycles. The van der Waals surface area contributed by atoms with E-state index in [1.165, 1.54) is 24.3 Å². The molecule has 0 spiro atoms. The zero-order valence-electron chi connectivity index (χ0n) is 13.7. The van der Waals surface area contributed by atoms with Crippen molar-refractivity contribution in [3.8, 4) is 5.75 Å². The first-order chi connectivity index (χ1) is 12.5. The molecule has 0 aliphatic carbocycles. The molecule has 0 saturated carbocycles. The monoisotopic (exact) mass is 356 g/mol. The van der Waals surface area contributed by atoms with Gasteiger partial charge in [-0.3, -0.25) is 14.9 Å². The second kappa shape index (κ2) is 8.97. The molecule has 0 atom stereocenters. The number of benzene rings is 2. The largest absolute Gasteiger partial charge is 0.514 e. The normalized spacial score (nSPS) is 9.85. The van der Waals surface area contributed by atoms with Gasteiger partial charge in [0.25, 0.3) is 5.69 Å². The molecule has 134 valence electrons. The molecule has 0 bridgehead atoms. The fraction of sp³-hybridized carbons (Fsp3) is 0.111. The van der Waals surface area contributed by atoms with Crippen LogP contribution in [-0.4, -0.2) is 23.6 Å². The first-order valence-corrected chi connectivity index (χ1v) is 7.54. The van der Waals surface area contributed by atoms with Crippen LogP contribution in [0.1, 0.15) is 5.56 Å². The maximum Gasteiger partial charge on any atom is 0.514 e. The lowest BCUT2D eigenvalue weighted by atomic mass is 10.2. The molecule has 0 unspecified atom stereocenters. The van der Waals surface area contributed by atoms with Gasteiger partial charge in [0.1, 0.15) is 12.4 Å². The Morgan fingerprint density at radius 1 is 1.08 bits per heavy atom. The highest BCUT2D eigenvalue weighted by Crippen LogP contribution is 2.17. The molecule has 1 N–H and O–H groups in total. The van der Waals surface area contributed by atoms with Gasteiger partial charge in [0.15, 0.2) is 0 Å². The van der Waals surface area contributed by atoms with E-state index in [0.29, 0.717) is 6.54 Å². The van der Waals surface area contributed by atoms with Gasteiger partial charge in [-0.25, -0.2) is 4.79 Å². The number of non-ortho nitro benzene ring substituents is 1. The van der Waals surface area contributed by atoms with Crippen LogP contribution in [0.4, 0.5) is 10.5 Å². The van der Waals surface area contributed by atoms with E-state index in [0.717, 1.165) is 5.56 Å². The molecule has 0 radical (unpaired) electrons. The number of ether oxygens (including phenoxy) is 2. The van der Waals surface area contributed by atoms with Crippen molar-refractivity contribution >= 4 is 17.7 Å². The van der Waals surface area contributed by atoms with Crippen molar-refractivity contribution in [3.63, 3.8) is 0 Å². The Balaban J connectivity index is 1.74. The number of nitro groups is 1. The SMILES string of the molecule is C=C(COC(=O)Oc1ccc([N+](=O)[O-])cc1)C(=O)NCc1ccccc1. The summed E-state index contributed by atoms with van der Waals surface area (Å²) in [7, 11) is 0. The Labute approximate surface area is 149 Å². The number of hydrogen-bond donors (Lipinski definition) is 1. The van der Waals surface area contributed by atoms with E-state index in [2.05, 4.69) is 11.9 Å². The third-order valence-electron chi connectivity index (χ3n) is 3.23. The zero-order chi connectivity index (χ0) is 18.9. The minimum Gasteiger partial charge on any atom is -0.429 e. The quantitative estimate of drug-likeness (QED) is 0.269. The van der Waals surface area contributed by atoms with Crippen LogP contribution in [-0.2, 0) is 16.1 Å². The first-order valence-electron chi connectivity index (χ1n) is 7.54. The van der Waals surface area contributed by atoms with Gasteiger partial charge in [0, 0.05) is 24.3 Å². The van der Waals surface area contributed by atoms with E-state index < -0.39 is 17.0 Å². The number of carbonyl (C=O) groups is 2. The van der Waals surface area contributed by atoms with Crippen molar-refractivity contribution in [2.24, 2.45) is 0 Å². The lowest BCUT2D eigenvalue weighted by Gasteiger charge is -2.09. The van der Waals surface area contributed by atoms with Gasteiger partial charge in [-0.2, -0.15) is 0 Å². The molecule has 0 aliphatic rings. The van der Waals surface area contributed by atoms with Crippen LogP contribution in [0.15, 0.2) is 66.7 Å². The van der Waals surface area contributed by atoms with Gasteiger partial charge < -0.3 is 14.8 Å². The maximum absolute atomic E-state index is 11.9. The average molecular weight is 356 g/mol. The molecule has 0 saturated heterocycles. The Kier molecular flexibility index (Phi) is 6.44. The van der Waals surface area contributed by atoms with Crippen molar-refractivity contribution in [2.75, 3.05) is 6.61 Å². The predicted molar refractivity (Wildman–Crippen MR) is 92.5 cm³/mol. The number of rotatable bonds is 7. The highest BCUT2D eigenvalue weighted by Gasteiger charge is 2.12. The van der Waals surface area contributed by atoms with Crippen LogP contribution < -0.4 is 10.1 Å². The van der Waals surface area contributed by atoms with E-state index in [-0.39, 0.29) is 23.6 Å². The summed E-state index contributed by atoms with van der Waals surface area (Å²) in [4.78, 5) is 33.4. The summed E-state index contributed by atoms with van der Waals surface area (Å²) in [5, 5.41) is 13.2. The van der Waals surface area contributed by atoms with Crippen molar-refractivity contribution in [1.29, 1.82) is 0 Å². The third kappa shape index (κ3) is 5.75. The summed E-state index contributed by atoms with van der Waals surface area (Å²) in [5.74, 6) is -0.364. The fourth-order valence-electron chi connectivity index (χ4n) is 1.88. The molecule has 0 heterocycles. The molecule has 0 fully saturated rings. The van der Waals surface area contributed by atoms with E-state index in [4.69, 9.17) is 9.47 Å². The topological polar surface area (TPSA) is 108 Å². The summed E-state index contributed by atoms with van der Waals surface area (Å²) in [6.07, 6.45) is -1.05. The Morgan fingerprint density at radius 2 is 1.73 bits per heavy atom. The fourth-order valence-corrected chi connectivity index (χ4v) is 1.88. The summed E-state index contributed by atoms with van der Waals surface area (Å²) >= 11 is 0. The highest BCUT2D eigenvalue weighted by molar-refractivity contribution is 5.93. The van der Waals surface area contributed by atoms with Gasteiger partial charge in [-0.1, -0.05) is 36.9 Å². The standard InChI is InChI=1S/C18H16N2O6/c1-13(17(21)19-11-14-5-3-2-4-6-14)12-25-18(22)26-16-9-7-15(8-10-16)20(23)24/h2-10H,1,11-12H2,(H,19,21). The van der Waals surface area contributed by atoms with Gasteiger partial charge in [-0.15, -0.1) is 0 Å². The molecule has 2 aromatic carbocycles. The lowest BCUT2D eigenvalue weighted by molar-refractivity contribution is -0.384. The number of amides is 1. The summed E-state index contributed by atoms with van der Waals surface area (Å²) in [6, 6.07) is 14.2. The maximum atomic E-state index is 11.9. The third-order valence-corrected chi connectivity index (χ3v) is 3.23. The summed E-state index contributed by atoms with van der Waals surface area (Å²) < 4.78 is 9.66. The van der Waals surface area contributed by atoms with Crippen molar-refractivity contribution < 1.29 is 24.0 Å². The number of carbonyl (C=O) groups excluding carboxylic acids is 2. The van der Waals surface area contributed by atoms with E-state index in [9.17, 15) is 19.7 Å². The van der Waals surface area contributed by atoms with Crippen molar-refractivity contribution in [3.05, 3.63) is 82.4 Å². The van der Waals surface area contributed by atoms with Crippen molar-refractivity contribution in [2.45, 2.75) is 6.54 Å². The summed E-state index contributed by atoms with van der Waals surface area (Å²) in [5.41, 5.74) is 0.850. The minimum absolute atomic E-state index is 0.0570. The van der Waals surface area contributed by atoms with E-state index in [1.54, 1.807) is 0 Å². The second-order valence-corrected chi connectivity index (χ2v) is 5.16. The molecule has 2 aromatic rings. The molecule has 26 heavy (non-hydrogen) atoms. The minimum atomic E-state index is -1.05.